The predicted octanol–water partition coefficient (Wildman–Crippen LogP) is 5.76. The minimum Gasteiger partial charge on any atom is -0.473 e. The largest absolute Gasteiger partial charge is 0.473 e. The number of aryl methyl sites for hydroxylation is 2. The number of carboxylic acids is 2. The second-order valence-electron chi connectivity index (χ2n) is 11.5. The van der Waals surface area contributed by atoms with Gasteiger partial charge in [0.1, 0.15) is 0 Å². The number of unbranched alkanes of at least 4 members (excludes halogenated alkanes) is 8. The third-order valence-electron chi connectivity index (χ3n) is 7.36. The lowest BCUT2D eigenvalue weighted by atomic mass is 10.1. The Kier molecular flexibility index (Phi) is 17.9. The fourth-order valence-electron chi connectivity index (χ4n) is 4.84. The van der Waals surface area contributed by atoms with Gasteiger partial charge in [0.05, 0.1) is 0 Å². The first kappa shape index (κ1) is 36.8. The molecule has 0 spiro atoms. The van der Waals surface area contributed by atoms with Gasteiger partial charge in [-0.15, -0.1) is 0 Å². The molecule has 12 heteroatoms. The summed E-state index contributed by atoms with van der Waals surface area (Å²) in [5.41, 5.74) is 2.36. The van der Waals surface area contributed by atoms with E-state index in [0.717, 1.165) is 88.1 Å². The van der Waals surface area contributed by atoms with Crippen LogP contribution in [0.15, 0.2) is 21.2 Å². The molecule has 12 nitrogen and oxygen atoms in total. The third kappa shape index (κ3) is 14.9. The number of carboxylic acid groups (broad SMARTS) is 2. The van der Waals surface area contributed by atoms with Crippen LogP contribution in [0.1, 0.15) is 114 Å². The molecule has 0 atom stereocenters. The van der Waals surface area contributed by atoms with E-state index in [-0.39, 0.29) is 0 Å². The Morgan fingerprint density at radius 1 is 0.682 bits per heavy atom. The van der Waals surface area contributed by atoms with Crippen LogP contribution in [0, 0.1) is 0 Å². The van der Waals surface area contributed by atoms with Crippen molar-refractivity contribution in [3.05, 3.63) is 35.6 Å². The van der Waals surface area contributed by atoms with Crippen LogP contribution in [0.4, 0.5) is 0 Å². The van der Waals surface area contributed by atoms with Gasteiger partial charge >= 0.3 is 11.9 Å². The molecule has 2 N–H and O–H groups in total. The number of rotatable bonds is 14. The summed E-state index contributed by atoms with van der Waals surface area (Å²) >= 11 is 0. The Balaban J connectivity index is 0.000000260. The van der Waals surface area contributed by atoms with Crippen molar-refractivity contribution >= 4 is 23.1 Å². The highest BCUT2D eigenvalue weighted by atomic mass is 16.5. The molecule has 0 aliphatic carbocycles. The molecule has 0 amide bonds. The molecule has 4 rings (SSSR count). The van der Waals surface area contributed by atoms with Crippen LogP contribution in [-0.4, -0.2) is 92.5 Å². The van der Waals surface area contributed by atoms with Crippen LogP contribution in [0.5, 0.6) is 0 Å². The number of aromatic nitrogens is 4. The highest BCUT2D eigenvalue weighted by Gasteiger charge is 2.17. The van der Waals surface area contributed by atoms with E-state index < -0.39 is 11.9 Å². The summed E-state index contributed by atoms with van der Waals surface area (Å²) in [6.45, 7) is 8.53. The number of likely N-dealkylation sites (N-methyl/N-ethyl adjacent to an activating group) is 2. The van der Waals surface area contributed by atoms with Gasteiger partial charge in [-0.2, -0.15) is 9.97 Å². The smallest absolute Gasteiger partial charge is 0.414 e. The second kappa shape index (κ2) is 21.3. The van der Waals surface area contributed by atoms with Gasteiger partial charge in [0.15, 0.2) is 11.6 Å². The number of hydrogen-bond acceptors (Lipinski definition) is 10. The Bertz CT molecular complexity index is 1080. The zero-order valence-corrected chi connectivity index (χ0v) is 27.1. The van der Waals surface area contributed by atoms with Crippen LogP contribution in [0.2, 0.25) is 0 Å². The summed E-state index contributed by atoms with van der Waals surface area (Å²) < 4.78 is 10.7. The average molecular weight is 617 g/mol. The molecule has 2 aliphatic heterocycles. The van der Waals surface area contributed by atoms with Crippen molar-refractivity contribution in [2.75, 3.05) is 40.3 Å². The molecule has 0 radical (unpaired) electrons. The summed E-state index contributed by atoms with van der Waals surface area (Å²) in [6, 6.07) is 0. The molecule has 0 fully saturated rings. The molecule has 246 valence electrons. The maximum absolute atomic E-state index is 9.10. The fourth-order valence-corrected chi connectivity index (χ4v) is 4.84. The highest BCUT2D eigenvalue weighted by Crippen LogP contribution is 2.20. The molecule has 0 unspecified atom stereocenters. The van der Waals surface area contributed by atoms with Crippen LogP contribution in [-0.2, 0) is 22.4 Å². The van der Waals surface area contributed by atoms with Gasteiger partial charge in [0.25, 0.3) is 11.8 Å². The van der Waals surface area contributed by atoms with E-state index in [9.17, 15) is 0 Å². The van der Waals surface area contributed by atoms with Gasteiger partial charge in [0.2, 0.25) is 0 Å². The monoisotopic (exact) mass is 616 g/mol. The standard InChI is InChI=1S/2C15H25N3O.C2H2O4/c2*1-3-4-5-6-7-10-14-16-15(19-17-14)13-9-8-11-18(2)12-13;3-1(4)2(5)6/h2*9H,3-8,10-12H2,1-2H3;(H,3,4)(H,5,6). The summed E-state index contributed by atoms with van der Waals surface area (Å²) in [5.74, 6) is -0.489. The van der Waals surface area contributed by atoms with Crippen LogP contribution in [0.25, 0.3) is 11.1 Å². The average Bonchev–Trinajstić information content (AvgIpc) is 3.68. The van der Waals surface area contributed by atoms with Crippen molar-refractivity contribution in [1.82, 2.24) is 30.1 Å². The first-order valence-electron chi connectivity index (χ1n) is 16.1. The molecule has 2 aromatic heterocycles. The number of nitrogens with zero attached hydrogens (tertiary/aromatic N) is 6. The van der Waals surface area contributed by atoms with Crippen molar-refractivity contribution in [3.8, 4) is 0 Å². The first-order valence-corrected chi connectivity index (χ1v) is 16.1. The van der Waals surface area contributed by atoms with Crippen molar-refractivity contribution in [3.63, 3.8) is 0 Å². The first-order chi connectivity index (χ1) is 21.2. The number of aliphatic carboxylic acids is 2. The normalized spacial score (nSPS) is 15.4. The second-order valence-corrected chi connectivity index (χ2v) is 11.5. The minimum atomic E-state index is -1.82. The highest BCUT2D eigenvalue weighted by molar-refractivity contribution is 6.27. The van der Waals surface area contributed by atoms with Crippen LogP contribution in [0.3, 0.4) is 0 Å². The van der Waals surface area contributed by atoms with E-state index in [1.807, 2.05) is 0 Å². The molecular formula is C32H52N6O6. The number of hydrogen-bond donors (Lipinski definition) is 2. The van der Waals surface area contributed by atoms with E-state index in [4.69, 9.17) is 28.8 Å². The van der Waals surface area contributed by atoms with Crippen molar-refractivity contribution < 1.29 is 28.8 Å². The van der Waals surface area contributed by atoms with E-state index in [1.54, 1.807) is 0 Å². The Morgan fingerprint density at radius 2 is 1.07 bits per heavy atom. The Morgan fingerprint density at radius 3 is 1.41 bits per heavy atom. The molecular weight excluding hydrogens is 564 g/mol. The van der Waals surface area contributed by atoms with Crippen molar-refractivity contribution in [2.24, 2.45) is 0 Å². The van der Waals surface area contributed by atoms with E-state index in [0.29, 0.717) is 0 Å². The number of carbonyl (C=O) groups is 2. The topological polar surface area (TPSA) is 159 Å². The summed E-state index contributed by atoms with van der Waals surface area (Å²) in [6.07, 6.45) is 21.2. The molecule has 0 saturated carbocycles. The fraction of sp³-hybridized carbons (Fsp3) is 0.688. The minimum absolute atomic E-state index is 0.718. The van der Waals surface area contributed by atoms with Gasteiger partial charge in [0, 0.05) is 50.2 Å². The van der Waals surface area contributed by atoms with Gasteiger partial charge in [-0.1, -0.05) is 87.7 Å². The lowest BCUT2D eigenvalue weighted by Gasteiger charge is -2.20. The third-order valence-corrected chi connectivity index (χ3v) is 7.36. The maximum atomic E-state index is 9.10. The Labute approximate surface area is 261 Å². The molecule has 0 aromatic carbocycles. The molecule has 0 bridgehead atoms. The molecule has 4 heterocycles. The van der Waals surface area contributed by atoms with E-state index in [2.05, 4.69) is 70.2 Å². The van der Waals surface area contributed by atoms with Crippen LogP contribution < -0.4 is 0 Å². The molecule has 0 saturated heterocycles. The van der Waals surface area contributed by atoms with Crippen LogP contribution >= 0.6 is 0 Å². The lowest BCUT2D eigenvalue weighted by Crippen LogP contribution is -2.25. The summed E-state index contributed by atoms with van der Waals surface area (Å²) in [4.78, 5) is 31.8. The zero-order chi connectivity index (χ0) is 32.2. The molecule has 2 aliphatic rings. The van der Waals surface area contributed by atoms with E-state index >= 15 is 0 Å². The van der Waals surface area contributed by atoms with Crippen molar-refractivity contribution in [2.45, 2.75) is 104 Å². The summed E-state index contributed by atoms with van der Waals surface area (Å²) in [7, 11) is 4.25. The summed E-state index contributed by atoms with van der Waals surface area (Å²) in [5, 5.41) is 23.0. The zero-order valence-electron chi connectivity index (χ0n) is 27.1. The maximum Gasteiger partial charge on any atom is 0.414 e. The van der Waals surface area contributed by atoms with E-state index in [1.165, 1.54) is 62.5 Å². The SMILES string of the molecule is CCCCCCCc1noc(C2=CCCN(C)C2)n1.CCCCCCCc1noc(C2=CCCN(C)C2)n1.O=C(O)C(=O)O. The van der Waals surface area contributed by atoms with Gasteiger partial charge < -0.3 is 29.1 Å². The molecule has 2 aromatic rings. The lowest BCUT2D eigenvalue weighted by molar-refractivity contribution is -0.159. The van der Waals surface area contributed by atoms with Gasteiger partial charge in [-0.3, -0.25) is 0 Å². The van der Waals surface area contributed by atoms with Gasteiger partial charge in [-0.25, -0.2) is 9.59 Å². The van der Waals surface area contributed by atoms with Gasteiger partial charge in [-0.05, 0) is 39.8 Å². The predicted molar refractivity (Wildman–Crippen MR) is 169 cm³/mol. The van der Waals surface area contributed by atoms with Crippen molar-refractivity contribution in [1.29, 1.82) is 0 Å². The quantitative estimate of drug-likeness (QED) is 0.195. The Hall–Kier alpha value is -3.38. The molecule has 44 heavy (non-hydrogen) atoms.